The van der Waals surface area contributed by atoms with E-state index in [0.29, 0.717) is 0 Å². The number of nitrogens with zero attached hydrogens (tertiary/aromatic N) is 1. The number of carbonyl (C=O) groups excluding carboxylic acids is 1. The van der Waals surface area contributed by atoms with Crippen LogP contribution in [-0.2, 0) is 40.0 Å². The third kappa shape index (κ3) is 9.05. The van der Waals surface area contributed by atoms with Gasteiger partial charge in [0.05, 0.1) is 30.1 Å². The van der Waals surface area contributed by atoms with Crippen LogP contribution in [0.25, 0.3) is 0 Å². The molecule has 0 aromatic heterocycles. The first-order valence-electron chi connectivity index (χ1n) is 7.69. The molecule has 1 aromatic carbocycles. The maximum absolute atomic E-state index is 12.4. The zero-order valence-electron chi connectivity index (χ0n) is 15.6. The molecule has 29 heavy (non-hydrogen) atoms. The number of non-ortho nitro benzene ring substituents is 1. The van der Waals surface area contributed by atoms with Crippen LogP contribution < -0.4 is 10.5 Å². The lowest BCUT2D eigenvalue weighted by atomic mass is 10.1. The molecule has 0 amide bonds. The van der Waals surface area contributed by atoms with Crippen LogP contribution in [0.1, 0.15) is 5.56 Å². The van der Waals surface area contributed by atoms with Gasteiger partial charge in [-0.1, -0.05) is 0 Å². The summed E-state index contributed by atoms with van der Waals surface area (Å²) in [4.78, 5) is 22.6. The van der Waals surface area contributed by atoms with E-state index in [9.17, 15) is 31.7 Å². The molecular weight excluding hydrogens is 452 g/mol. The molecule has 0 bridgehead atoms. The molecule has 0 saturated carbocycles. The van der Waals surface area contributed by atoms with E-state index in [0.717, 1.165) is 30.7 Å². The van der Waals surface area contributed by atoms with Gasteiger partial charge in [-0.15, -0.1) is 0 Å². The second-order valence-corrected chi connectivity index (χ2v) is 9.91. The van der Waals surface area contributed by atoms with Crippen LogP contribution >= 0.6 is 11.8 Å². The highest BCUT2D eigenvalue weighted by atomic mass is 32.2. The number of carbonyl (C=O) groups is 1. The van der Waals surface area contributed by atoms with Crippen molar-refractivity contribution in [2.24, 2.45) is 5.73 Å². The summed E-state index contributed by atoms with van der Waals surface area (Å²) in [6.07, 6.45) is 1.98. The molecule has 0 heterocycles. The van der Waals surface area contributed by atoms with Crippen molar-refractivity contribution >= 4 is 43.7 Å². The van der Waals surface area contributed by atoms with E-state index in [1.807, 2.05) is 0 Å². The van der Waals surface area contributed by atoms with Crippen molar-refractivity contribution in [2.45, 2.75) is 18.8 Å². The molecule has 1 rings (SSSR count). The van der Waals surface area contributed by atoms with Crippen molar-refractivity contribution in [1.29, 1.82) is 0 Å². The van der Waals surface area contributed by atoms with Crippen molar-refractivity contribution in [3.05, 3.63) is 33.9 Å². The van der Waals surface area contributed by atoms with Crippen LogP contribution in [-0.4, -0.2) is 64.4 Å². The number of rotatable bonds is 11. The van der Waals surface area contributed by atoms with Crippen LogP contribution in [0.15, 0.2) is 18.2 Å². The standard InChI is InChI=1S/C14H20N2O10S3/c1-27-8-12(26-29(3,22)23)13(15)14(17)25-11-6-10(16(18)19)5-4-9(11)7-24-28(2,20)21/h4-6,12-13H,7-8,15H2,1-3H3. The van der Waals surface area contributed by atoms with Crippen molar-refractivity contribution in [2.75, 3.05) is 24.5 Å². The van der Waals surface area contributed by atoms with Crippen LogP contribution in [0.3, 0.4) is 0 Å². The smallest absolute Gasteiger partial charge is 0.331 e. The Hall–Kier alpha value is -1.78. The summed E-state index contributed by atoms with van der Waals surface area (Å²) in [6, 6.07) is 1.58. The van der Waals surface area contributed by atoms with Gasteiger partial charge in [0.2, 0.25) is 0 Å². The van der Waals surface area contributed by atoms with Gasteiger partial charge in [-0.05, 0) is 12.3 Å². The first kappa shape index (κ1) is 25.3. The van der Waals surface area contributed by atoms with Crippen molar-refractivity contribution in [1.82, 2.24) is 0 Å². The fourth-order valence-corrected chi connectivity index (χ4v) is 3.62. The number of nitro groups is 1. The molecule has 0 aliphatic carbocycles. The van der Waals surface area contributed by atoms with Gasteiger partial charge in [-0.2, -0.15) is 28.6 Å². The molecule has 12 nitrogen and oxygen atoms in total. The minimum atomic E-state index is -3.93. The fraction of sp³-hybridized carbons (Fsp3) is 0.500. The SMILES string of the molecule is CSCC(OS(C)(=O)=O)C(N)C(=O)Oc1cc([N+](=O)[O-])ccc1COS(C)(=O)=O. The Balaban J connectivity index is 3.15. The third-order valence-corrected chi connectivity index (χ3v) is 5.01. The molecule has 0 spiro atoms. The maximum Gasteiger partial charge on any atom is 0.331 e. The normalized spacial score (nSPS) is 14.2. The Morgan fingerprint density at radius 2 is 1.86 bits per heavy atom. The second kappa shape index (κ2) is 10.3. The van der Waals surface area contributed by atoms with Crippen LogP contribution in [0.4, 0.5) is 5.69 Å². The largest absolute Gasteiger partial charge is 0.425 e. The zero-order valence-corrected chi connectivity index (χ0v) is 18.1. The molecule has 164 valence electrons. The van der Waals surface area contributed by atoms with Gasteiger partial charge in [0.1, 0.15) is 17.9 Å². The number of benzene rings is 1. The summed E-state index contributed by atoms with van der Waals surface area (Å²) in [5.41, 5.74) is 5.34. The number of thioether (sulfide) groups is 1. The molecule has 0 radical (unpaired) electrons. The molecule has 0 aliphatic heterocycles. The molecule has 1 aromatic rings. The topological polar surface area (TPSA) is 182 Å². The number of ether oxygens (including phenoxy) is 1. The quantitative estimate of drug-likeness (QED) is 0.150. The lowest BCUT2D eigenvalue weighted by molar-refractivity contribution is -0.384. The van der Waals surface area contributed by atoms with E-state index in [1.54, 1.807) is 6.26 Å². The second-order valence-electron chi connectivity index (χ2n) is 5.76. The minimum Gasteiger partial charge on any atom is -0.425 e. The van der Waals surface area contributed by atoms with E-state index in [-0.39, 0.29) is 17.1 Å². The van der Waals surface area contributed by atoms with Gasteiger partial charge in [0.15, 0.2) is 0 Å². The zero-order chi connectivity index (χ0) is 22.4. The average Bonchev–Trinajstić information content (AvgIpc) is 2.57. The maximum atomic E-state index is 12.4. The fourth-order valence-electron chi connectivity index (χ4n) is 1.95. The van der Waals surface area contributed by atoms with Gasteiger partial charge >= 0.3 is 5.97 Å². The highest BCUT2D eigenvalue weighted by molar-refractivity contribution is 7.98. The lowest BCUT2D eigenvalue weighted by Crippen LogP contribution is -2.47. The molecule has 2 N–H and O–H groups in total. The van der Waals surface area contributed by atoms with Crippen molar-refractivity contribution in [3.8, 4) is 5.75 Å². The molecule has 2 atom stereocenters. The van der Waals surface area contributed by atoms with Gasteiger partial charge in [-0.3, -0.25) is 18.5 Å². The van der Waals surface area contributed by atoms with Gasteiger partial charge in [0, 0.05) is 17.4 Å². The van der Waals surface area contributed by atoms with E-state index in [2.05, 4.69) is 4.18 Å². The Labute approximate surface area is 172 Å². The van der Waals surface area contributed by atoms with Gasteiger partial charge < -0.3 is 10.5 Å². The molecule has 15 heteroatoms. The predicted octanol–water partition coefficient (Wildman–Crippen LogP) is 0.0115. The Bertz CT molecular complexity index is 962. The number of nitro benzene ring substituents is 1. The monoisotopic (exact) mass is 472 g/mol. The molecular formula is C14H20N2O10S3. The Morgan fingerprint density at radius 1 is 1.24 bits per heavy atom. The number of hydrogen-bond acceptors (Lipinski definition) is 12. The lowest BCUT2D eigenvalue weighted by Gasteiger charge is -2.21. The predicted molar refractivity (Wildman–Crippen MR) is 104 cm³/mol. The summed E-state index contributed by atoms with van der Waals surface area (Å²) in [6.45, 7) is -0.553. The molecule has 2 unspecified atom stereocenters. The number of nitrogens with two attached hydrogens (primary N) is 1. The van der Waals surface area contributed by atoms with E-state index < -0.39 is 55.6 Å². The molecule has 0 aliphatic rings. The number of esters is 1. The summed E-state index contributed by atoms with van der Waals surface area (Å²) in [5.74, 6) is -1.44. The summed E-state index contributed by atoms with van der Waals surface area (Å²) in [5, 5.41) is 11.0. The van der Waals surface area contributed by atoms with Gasteiger partial charge in [0.25, 0.3) is 25.9 Å². The highest BCUT2D eigenvalue weighted by Crippen LogP contribution is 2.26. The third-order valence-electron chi connectivity index (χ3n) is 3.20. The van der Waals surface area contributed by atoms with Crippen molar-refractivity contribution in [3.63, 3.8) is 0 Å². The molecule has 0 fully saturated rings. The molecule has 0 saturated heterocycles. The number of hydrogen-bond donors (Lipinski definition) is 1. The Morgan fingerprint density at radius 3 is 2.34 bits per heavy atom. The van der Waals surface area contributed by atoms with E-state index in [1.165, 1.54) is 11.8 Å². The van der Waals surface area contributed by atoms with Crippen LogP contribution in [0.5, 0.6) is 5.75 Å². The van der Waals surface area contributed by atoms with E-state index >= 15 is 0 Å². The first-order chi connectivity index (χ1) is 13.2. The highest BCUT2D eigenvalue weighted by Gasteiger charge is 2.31. The Kier molecular flexibility index (Phi) is 8.98. The minimum absolute atomic E-state index is 0.0204. The van der Waals surface area contributed by atoms with Crippen molar-refractivity contribution < 1.29 is 39.7 Å². The summed E-state index contributed by atoms with van der Waals surface area (Å²) < 4.78 is 59.6. The van der Waals surface area contributed by atoms with Crippen LogP contribution in [0.2, 0.25) is 0 Å². The first-order valence-corrected chi connectivity index (χ1v) is 12.7. The van der Waals surface area contributed by atoms with E-state index in [4.69, 9.17) is 14.7 Å². The van der Waals surface area contributed by atoms with Crippen LogP contribution in [0, 0.1) is 10.1 Å². The average molecular weight is 473 g/mol. The summed E-state index contributed by atoms with van der Waals surface area (Å²) in [7, 11) is -7.77. The van der Waals surface area contributed by atoms with Gasteiger partial charge in [-0.25, -0.2) is 4.79 Å². The summed E-state index contributed by atoms with van der Waals surface area (Å²) >= 11 is 1.17.